The van der Waals surface area contributed by atoms with Crippen LogP contribution in [-0.4, -0.2) is 47.4 Å². The highest BCUT2D eigenvalue weighted by molar-refractivity contribution is 5.76. The highest BCUT2D eigenvalue weighted by Gasteiger charge is 2.20. The molecule has 0 aromatic carbocycles. The molecule has 2 atom stereocenters. The molecule has 0 bridgehead atoms. The molecule has 440 valence electrons. The highest BCUT2D eigenvalue weighted by Crippen LogP contribution is 2.19. The summed E-state index contributed by atoms with van der Waals surface area (Å²) in [6.45, 7) is 4.97. The molecule has 0 aliphatic heterocycles. The fourth-order valence-electron chi connectivity index (χ4n) is 10.9. The van der Waals surface area contributed by atoms with Crippen LogP contribution in [0.1, 0.15) is 386 Å². The van der Waals surface area contributed by atoms with Crippen LogP contribution in [0.5, 0.6) is 0 Å². The predicted molar refractivity (Wildman–Crippen MR) is 324 cm³/mol. The molecular weight excluding hydrogens is 911 g/mol. The average Bonchev–Trinajstić information content (AvgIpc) is 3.40. The van der Waals surface area contributed by atoms with Crippen LogP contribution >= 0.6 is 0 Å². The molecule has 3 N–H and O–H groups in total. The number of aliphatic hydroxyl groups is 2. The van der Waals surface area contributed by atoms with E-state index in [0.29, 0.717) is 25.9 Å². The zero-order valence-electron chi connectivity index (χ0n) is 50.4. The topological polar surface area (TPSA) is 95.9 Å². The van der Waals surface area contributed by atoms with Crippen LogP contribution in [0.2, 0.25) is 0 Å². The van der Waals surface area contributed by atoms with Gasteiger partial charge in [0.05, 0.1) is 25.4 Å². The largest absolute Gasteiger partial charge is 0.466 e. The van der Waals surface area contributed by atoms with Crippen molar-refractivity contribution in [2.45, 2.75) is 398 Å². The van der Waals surface area contributed by atoms with Crippen LogP contribution in [0.15, 0.2) is 12.2 Å². The molecule has 0 heterocycles. The molecule has 74 heavy (non-hydrogen) atoms. The van der Waals surface area contributed by atoms with Crippen LogP contribution in [0.3, 0.4) is 0 Å². The van der Waals surface area contributed by atoms with Gasteiger partial charge in [-0.25, -0.2) is 0 Å². The Balaban J connectivity index is 3.31. The first-order valence-corrected chi connectivity index (χ1v) is 33.9. The number of hydrogen-bond donors (Lipinski definition) is 3. The minimum absolute atomic E-state index is 0.0205. The minimum atomic E-state index is -0.659. The van der Waals surface area contributed by atoms with Gasteiger partial charge >= 0.3 is 5.97 Å². The molecule has 2 unspecified atom stereocenters. The lowest BCUT2D eigenvalue weighted by Crippen LogP contribution is -2.45. The maximum absolute atomic E-state index is 12.5. The van der Waals surface area contributed by atoms with Crippen LogP contribution in [0.4, 0.5) is 0 Å². The number of hydrogen-bond acceptors (Lipinski definition) is 5. The van der Waals surface area contributed by atoms with Crippen molar-refractivity contribution in [3.05, 3.63) is 12.2 Å². The molecule has 0 aromatic heterocycles. The van der Waals surface area contributed by atoms with Gasteiger partial charge in [0.25, 0.3) is 0 Å². The molecule has 0 rings (SSSR count). The second-order valence-corrected chi connectivity index (χ2v) is 23.5. The fourth-order valence-corrected chi connectivity index (χ4v) is 10.9. The van der Waals surface area contributed by atoms with Crippen molar-refractivity contribution in [1.29, 1.82) is 0 Å². The number of nitrogens with one attached hydrogen (secondary N) is 1. The van der Waals surface area contributed by atoms with E-state index in [1.807, 2.05) is 0 Å². The number of amides is 1. The van der Waals surface area contributed by atoms with E-state index in [2.05, 4.69) is 31.3 Å². The zero-order chi connectivity index (χ0) is 53.6. The molecule has 0 aromatic rings. The second-order valence-electron chi connectivity index (χ2n) is 23.5. The van der Waals surface area contributed by atoms with Crippen molar-refractivity contribution in [2.75, 3.05) is 13.2 Å². The van der Waals surface area contributed by atoms with Gasteiger partial charge in [0.15, 0.2) is 0 Å². The summed E-state index contributed by atoms with van der Waals surface area (Å²) >= 11 is 0. The number of carbonyl (C=O) groups excluding carboxylic acids is 2. The lowest BCUT2D eigenvalue weighted by atomic mass is 10.0. The molecule has 0 aliphatic carbocycles. The van der Waals surface area contributed by atoms with E-state index in [0.717, 1.165) is 38.5 Å². The number of unbranched alkanes of at least 4 members (excludes halogenated alkanes) is 51. The Morgan fingerprint density at radius 1 is 0.365 bits per heavy atom. The summed E-state index contributed by atoms with van der Waals surface area (Å²) in [6.07, 6.45) is 78.4. The van der Waals surface area contributed by atoms with Crippen molar-refractivity contribution < 1.29 is 24.5 Å². The predicted octanol–water partition coefficient (Wildman–Crippen LogP) is 21.6. The third kappa shape index (κ3) is 59.8. The SMILES string of the molecule is CCCCCCCCCCCCCC(=O)OCCCCCCCCCCCCCCCC/C=C\CCCCCCCCCCCCCCCCCCCC(=O)NC(CO)C(O)CCCCCCCCCCCCC. The minimum Gasteiger partial charge on any atom is -0.466 e. The summed E-state index contributed by atoms with van der Waals surface area (Å²) in [5, 5.41) is 23.2. The molecular formula is C68H133NO5. The summed E-state index contributed by atoms with van der Waals surface area (Å²) in [7, 11) is 0. The zero-order valence-corrected chi connectivity index (χ0v) is 50.4. The standard InChI is InChI=1S/C68H133NO5/c1-3-5-7-9-11-13-40-44-48-52-56-60-66(71)65(64-70)69-67(72)61-57-53-49-45-42-38-36-34-32-30-28-26-24-22-20-18-16-15-17-19-21-23-25-27-29-31-33-35-37-39-43-47-51-55-59-63-74-68(73)62-58-54-50-46-41-14-12-10-8-6-4-2/h17,19,65-66,70-71H,3-16,18,20-64H2,1-2H3,(H,69,72)/b19-17-. The van der Waals surface area contributed by atoms with E-state index in [-0.39, 0.29) is 18.5 Å². The molecule has 0 saturated heterocycles. The number of esters is 1. The highest BCUT2D eigenvalue weighted by atomic mass is 16.5. The van der Waals surface area contributed by atoms with Gasteiger partial charge in [0.1, 0.15) is 0 Å². The molecule has 6 nitrogen and oxygen atoms in total. The lowest BCUT2D eigenvalue weighted by Gasteiger charge is -2.22. The first kappa shape index (κ1) is 72.6. The smallest absolute Gasteiger partial charge is 0.305 e. The van der Waals surface area contributed by atoms with Crippen molar-refractivity contribution >= 4 is 11.9 Å². The Labute approximate surface area is 463 Å². The first-order chi connectivity index (χ1) is 36.5. The van der Waals surface area contributed by atoms with Gasteiger partial charge in [-0.1, -0.05) is 334 Å². The first-order valence-electron chi connectivity index (χ1n) is 33.9. The Morgan fingerprint density at radius 3 is 0.959 bits per heavy atom. The fraction of sp³-hybridized carbons (Fsp3) is 0.941. The Bertz CT molecular complexity index is 1110. The molecule has 0 aliphatic rings. The summed E-state index contributed by atoms with van der Waals surface area (Å²) in [4.78, 5) is 24.5. The molecule has 0 radical (unpaired) electrons. The van der Waals surface area contributed by atoms with Gasteiger partial charge in [-0.05, 0) is 51.4 Å². The second kappa shape index (κ2) is 64.1. The molecule has 0 fully saturated rings. The molecule has 0 saturated carbocycles. The summed E-state index contributed by atoms with van der Waals surface area (Å²) < 4.78 is 5.47. The van der Waals surface area contributed by atoms with Gasteiger partial charge in [-0.15, -0.1) is 0 Å². The number of rotatable bonds is 64. The van der Waals surface area contributed by atoms with Gasteiger partial charge in [0, 0.05) is 12.8 Å². The number of allylic oxidation sites excluding steroid dienone is 2. The maximum Gasteiger partial charge on any atom is 0.305 e. The van der Waals surface area contributed by atoms with Crippen LogP contribution in [0.25, 0.3) is 0 Å². The lowest BCUT2D eigenvalue weighted by molar-refractivity contribution is -0.143. The molecule has 1 amide bonds. The van der Waals surface area contributed by atoms with Crippen LogP contribution in [-0.2, 0) is 14.3 Å². The van der Waals surface area contributed by atoms with Crippen molar-refractivity contribution in [3.8, 4) is 0 Å². The Morgan fingerprint density at radius 2 is 0.635 bits per heavy atom. The molecule has 6 heteroatoms. The van der Waals surface area contributed by atoms with E-state index >= 15 is 0 Å². The van der Waals surface area contributed by atoms with Crippen molar-refractivity contribution in [1.82, 2.24) is 5.32 Å². The third-order valence-corrected chi connectivity index (χ3v) is 16.1. The van der Waals surface area contributed by atoms with Gasteiger partial charge < -0.3 is 20.3 Å². The van der Waals surface area contributed by atoms with E-state index in [1.165, 1.54) is 315 Å². The Kier molecular flexibility index (Phi) is 62.9. The maximum atomic E-state index is 12.5. The normalized spacial score (nSPS) is 12.5. The van der Waals surface area contributed by atoms with Crippen LogP contribution < -0.4 is 5.32 Å². The summed E-state index contributed by atoms with van der Waals surface area (Å²) in [5.74, 6) is -0.00985. The average molecular weight is 1040 g/mol. The number of carbonyl (C=O) groups is 2. The molecule has 0 spiro atoms. The van der Waals surface area contributed by atoms with Gasteiger partial charge in [0.2, 0.25) is 5.91 Å². The number of ether oxygens (including phenoxy) is 1. The number of aliphatic hydroxyl groups excluding tert-OH is 2. The Hall–Kier alpha value is -1.40. The van der Waals surface area contributed by atoms with E-state index in [9.17, 15) is 19.8 Å². The third-order valence-electron chi connectivity index (χ3n) is 16.1. The van der Waals surface area contributed by atoms with Crippen molar-refractivity contribution in [3.63, 3.8) is 0 Å². The summed E-state index contributed by atoms with van der Waals surface area (Å²) in [5.41, 5.74) is 0. The van der Waals surface area contributed by atoms with Gasteiger partial charge in [-0.3, -0.25) is 9.59 Å². The van der Waals surface area contributed by atoms with E-state index in [4.69, 9.17) is 4.74 Å². The summed E-state index contributed by atoms with van der Waals surface area (Å²) in [6, 6.07) is -0.536. The van der Waals surface area contributed by atoms with Crippen molar-refractivity contribution in [2.24, 2.45) is 0 Å². The van der Waals surface area contributed by atoms with E-state index in [1.54, 1.807) is 0 Å². The van der Waals surface area contributed by atoms with E-state index < -0.39 is 12.1 Å². The van der Waals surface area contributed by atoms with Gasteiger partial charge in [-0.2, -0.15) is 0 Å². The monoisotopic (exact) mass is 1040 g/mol. The quantitative estimate of drug-likeness (QED) is 0.0320. The van der Waals surface area contributed by atoms with Crippen LogP contribution in [0, 0.1) is 0 Å².